The van der Waals surface area contributed by atoms with Crippen molar-refractivity contribution in [1.82, 2.24) is 15.2 Å². The van der Waals surface area contributed by atoms with E-state index in [2.05, 4.69) is 46.4 Å². The van der Waals surface area contributed by atoms with Crippen molar-refractivity contribution in [3.8, 4) is 6.07 Å². The van der Waals surface area contributed by atoms with E-state index in [-0.39, 0.29) is 11.6 Å². The second-order valence-electron chi connectivity index (χ2n) is 8.25. The number of nitriles is 1. The fourth-order valence-corrected chi connectivity index (χ4v) is 5.26. The first-order chi connectivity index (χ1) is 14.6. The second-order valence-corrected chi connectivity index (χ2v) is 9.13. The number of anilines is 1. The van der Waals surface area contributed by atoms with E-state index in [1.807, 2.05) is 17.6 Å². The second kappa shape index (κ2) is 7.38. The molecule has 1 N–H and O–H groups in total. The number of amides is 2. The number of thiazole rings is 1. The highest BCUT2D eigenvalue weighted by molar-refractivity contribution is 7.16. The number of urea groups is 1. The van der Waals surface area contributed by atoms with E-state index in [4.69, 9.17) is 5.26 Å². The Hall–Kier alpha value is -2.95. The summed E-state index contributed by atoms with van der Waals surface area (Å²) in [4.78, 5) is 21.4. The van der Waals surface area contributed by atoms with E-state index in [9.17, 15) is 4.79 Å². The van der Waals surface area contributed by atoms with Crippen molar-refractivity contribution in [1.29, 1.82) is 5.26 Å². The van der Waals surface area contributed by atoms with Crippen LogP contribution >= 0.6 is 11.3 Å². The number of piperidine rings is 1. The molecule has 0 unspecified atom stereocenters. The lowest BCUT2D eigenvalue weighted by Gasteiger charge is -2.41. The lowest BCUT2D eigenvalue weighted by Crippen LogP contribution is -2.52. The van der Waals surface area contributed by atoms with Gasteiger partial charge in [0, 0.05) is 24.8 Å². The molecule has 1 spiro atoms. The van der Waals surface area contributed by atoms with Crippen LogP contribution in [0.15, 0.2) is 48.0 Å². The highest BCUT2D eigenvalue weighted by Crippen LogP contribution is 2.34. The van der Waals surface area contributed by atoms with Crippen LogP contribution in [0.5, 0.6) is 0 Å². The first-order valence-electron chi connectivity index (χ1n) is 10.2. The Morgan fingerprint density at radius 2 is 1.97 bits per heavy atom. The molecule has 30 heavy (non-hydrogen) atoms. The summed E-state index contributed by atoms with van der Waals surface area (Å²) in [5, 5.41) is 12.2. The Labute approximate surface area is 179 Å². The minimum absolute atomic E-state index is 0.0461. The standard InChI is InChI=1S/C23H23N5OS/c1-16(18-4-7-21-20(12-18)25-15-30-21)27-10-8-23(9-11-27)14-28(22(29)26-23)19-5-2-17(13-24)3-6-19/h2-7,12,15-16H,8-11,14H2,1H3,(H,26,29)/t16-/m1/s1. The van der Waals surface area contributed by atoms with Gasteiger partial charge in [-0.2, -0.15) is 5.26 Å². The number of nitrogens with one attached hydrogen (secondary N) is 1. The summed E-state index contributed by atoms with van der Waals surface area (Å²) in [5.41, 5.74) is 5.52. The van der Waals surface area contributed by atoms with Gasteiger partial charge in [0.2, 0.25) is 0 Å². The van der Waals surface area contributed by atoms with Crippen LogP contribution in [0.25, 0.3) is 10.2 Å². The Bertz CT molecular complexity index is 1120. The highest BCUT2D eigenvalue weighted by Gasteiger charge is 2.45. The van der Waals surface area contributed by atoms with Crippen LogP contribution in [0.1, 0.15) is 36.9 Å². The average Bonchev–Trinajstić information content (AvgIpc) is 3.37. The van der Waals surface area contributed by atoms with Crippen LogP contribution in [0.4, 0.5) is 10.5 Å². The van der Waals surface area contributed by atoms with Crippen LogP contribution in [-0.2, 0) is 0 Å². The van der Waals surface area contributed by atoms with Crippen molar-refractivity contribution < 1.29 is 4.79 Å². The molecular weight excluding hydrogens is 394 g/mol. The average molecular weight is 418 g/mol. The van der Waals surface area contributed by atoms with Crippen molar-refractivity contribution in [2.45, 2.75) is 31.3 Å². The highest BCUT2D eigenvalue weighted by atomic mass is 32.1. The summed E-state index contributed by atoms with van der Waals surface area (Å²) in [5.74, 6) is 0. The largest absolute Gasteiger partial charge is 0.330 e. The number of benzene rings is 2. The maximum atomic E-state index is 12.7. The summed E-state index contributed by atoms with van der Waals surface area (Å²) < 4.78 is 1.22. The summed E-state index contributed by atoms with van der Waals surface area (Å²) in [6.45, 7) is 4.81. The predicted octanol–water partition coefficient (Wildman–Crippen LogP) is 4.29. The zero-order valence-electron chi connectivity index (χ0n) is 16.8. The molecule has 2 amide bonds. The number of likely N-dealkylation sites (tertiary alicyclic amines) is 1. The first kappa shape index (κ1) is 19.0. The third-order valence-corrected chi connectivity index (χ3v) is 7.34. The number of rotatable bonds is 3. The minimum atomic E-state index is -0.180. The number of fused-ring (bicyclic) bond motifs is 1. The van der Waals surface area contributed by atoms with Crippen molar-refractivity contribution >= 4 is 33.3 Å². The molecule has 0 aliphatic carbocycles. The van der Waals surface area contributed by atoms with E-state index < -0.39 is 0 Å². The summed E-state index contributed by atoms with van der Waals surface area (Å²) in [6.07, 6.45) is 1.85. The Morgan fingerprint density at radius 3 is 2.70 bits per heavy atom. The molecule has 3 heterocycles. The maximum absolute atomic E-state index is 12.7. The normalized spacial score (nSPS) is 19.7. The molecule has 2 aliphatic heterocycles. The van der Waals surface area contributed by atoms with Gasteiger partial charge >= 0.3 is 6.03 Å². The number of hydrogen-bond acceptors (Lipinski definition) is 5. The van der Waals surface area contributed by atoms with Gasteiger partial charge in [0.15, 0.2) is 0 Å². The van der Waals surface area contributed by atoms with Crippen LogP contribution in [0.3, 0.4) is 0 Å². The molecule has 2 aromatic carbocycles. The molecule has 2 fully saturated rings. The molecule has 152 valence electrons. The summed E-state index contributed by atoms with van der Waals surface area (Å²) in [6, 6.07) is 16.2. The molecule has 7 heteroatoms. The Morgan fingerprint density at radius 1 is 1.20 bits per heavy atom. The van der Waals surface area contributed by atoms with Crippen molar-refractivity contribution in [2.75, 3.05) is 24.5 Å². The van der Waals surface area contributed by atoms with E-state index in [1.165, 1.54) is 10.3 Å². The quantitative estimate of drug-likeness (QED) is 0.690. The Kier molecular flexibility index (Phi) is 4.69. The zero-order chi connectivity index (χ0) is 20.7. The van der Waals surface area contributed by atoms with E-state index in [0.717, 1.165) is 37.1 Å². The number of carbonyl (C=O) groups is 1. The summed E-state index contributed by atoms with van der Waals surface area (Å²) in [7, 11) is 0. The van der Waals surface area contributed by atoms with Gasteiger partial charge in [0.05, 0.1) is 39.4 Å². The van der Waals surface area contributed by atoms with Gasteiger partial charge in [0.1, 0.15) is 0 Å². The molecule has 2 aliphatic rings. The van der Waals surface area contributed by atoms with E-state index >= 15 is 0 Å². The van der Waals surface area contributed by atoms with Crippen LogP contribution in [0, 0.1) is 11.3 Å². The molecule has 2 saturated heterocycles. The number of nitrogens with zero attached hydrogens (tertiary/aromatic N) is 4. The van der Waals surface area contributed by atoms with Gasteiger partial charge < -0.3 is 5.32 Å². The van der Waals surface area contributed by atoms with Crippen LogP contribution in [0.2, 0.25) is 0 Å². The molecule has 3 aromatic rings. The number of carbonyl (C=O) groups excluding carboxylic acids is 1. The van der Waals surface area contributed by atoms with Crippen LogP contribution in [-0.4, -0.2) is 41.1 Å². The Balaban J connectivity index is 1.26. The minimum Gasteiger partial charge on any atom is -0.330 e. The van der Waals surface area contributed by atoms with Gasteiger partial charge in [-0.3, -0.25) is 9.80 Å². The lowest BCUT2D eigenvalue weighted by atomic mass is 9.87. The van der Waals surface area contributed by atoms with Gasteiger partial charge in [0.25, 0.3) is 0 Å². The molecule has 1 aromatic heterocycles. The van der Waals surface area contributed by atoms with E-state index in [1.54, 1.807) is 28.4 Å². The SMILES string of the molecule is C[C@H](c1ccc2scnc2c1)N1CCC2(CC1)CN(c1ccc(C#N)cc1)C(=O)N2. The number of hydrogen-bond donors (Lipinski definition) is 1. The fraction of sp³-hybridized carbons (Fsp3) is 0.348. The van der Waals surface area contributed by atoms with Crippen molar-refractivity contribution in [3.63, 3.8) is 0 Å². The third kappa shape index (κ3) is 3.32. The van der Waals surface area contributed by atoms with Gasteiger partial charge in [-0.05, 0) is 61.7 Å². The van der Waals surface area contributed by atoms with Gasteiger partial charge in [-0.25, -0.2) is 9.78 Å². The molecule has 0 radical (unpaired) electrons. The maximum Gasteiger partial charge on any atom is 0.322 e. The fourth-order valence-electron chi connectivity index (χ4n) is 4.60. The smallest absolute Gasteiger partial charge is 0.322 e. The summed E-state index contributed by atoms with van der Waals surface area (Å²) >= 11 is 1.67. The van der Waals surface area contributed by atoms with Crippen molar-refractivity contribution in [3.05, 3.63) is 59.1 Å². The van der Waals surface area contributed by atoms with E-state index in [0.29, 0.717) is 18.2 Å². The lowest BCUT2D eigenvalue weighted by molar-refractivity contribution is 0.121. The number of aromatic nitrogens is 1. The van der Waals surface area contributed by atoms with Gasteiger partial charge in [-0.15, -0.1) is 11.3 Å². The van der Waals surface area contributed by atoms with Crippen LogP contribution < -0.4 is 10.2 Å². The topological polar surface area (TPSA) is 72.3 Å². The van der Waals surface area contributed by atoms with Crippen molar-refractivity contribution in [2.24, 2.45) is 0 Å². The molecular formula is C23H23N5OS. The molecule has 0 saturated carbocycles. The molecule has 6 nitrogen and oxygen atoms in total. The first-order valence-corrected chi connectivity index (χ1v) is 11.1. The predicted molar refractivity (Wildman–Crippen MR) is 119 cm³/mol. The molecule has 0 bridgehead atoms. The monoisotopic (exact) mass is 417 g/mol. The zero-order valence-corrected chi connectivity index (χ0v) is 17.7. The van der Waals surface area contributed by atoms with Gasteiger partial charge in [-0.1, -0.05) is 6.07 Å². The third-order valence-electron chi connectivity index (χ3n) is 6.53. The molecule has 5 rings (SSSR count). The molecule has 1 atom stereocenters.